The highest BCUT2D eigenvalue weighted by molar-refractivity contribution is 7.15. The van der Waals surface area contributed by atoms with Gasteiger partial charge in [-0.05, 0) is 19.8 Å². The van der Waals surface area contributed by atoms with Crippen molar-refractivity contribution < 1.29 is 19.7 Å². The Kier molecular flexibility index (Phi) is 6.74. The van der Waals surface area contributed by atoms with Crippen molar-refractivity contribution in [2.75, 3.05) is 31.7 Å². The topological polar surface area (TPSA) is 136 Å². The number of imidazole rings is 1. The van der Waals surface area contributed by atoms with Gasteiger partial charge in [0.15, 0.2) is 16.0 Å². The minimum absolute atomic E-state index is 0.184. The van der Waals surface area contributed by atoms with Gasteiger partial charge in [0.1, 0.15) is 5.60 Å². The zero-order chi connectivity index (χ0) is 21.2. The maximum Gasteiger partial charge on any atom is 0.287 e. The van der Waals surface area contributed by atoms with Crippen LogP contribution < -0.4 is 10.2 Å². The van der Waals surface area contributed by atoms with Crippen molar-refractivity contribution in [2.45, 2.75) is 44.4 Å². The van der Waals surface area contributed by atoms with Crippen molar-refractivity contribution in [1.29, 1.82) is 0 Å². The third kappa shape index (κ3) is 4.69. The molecule has 1 saturated heterocycles. The van der Waals surface area contributed by atoms with E-state index in [2.05, 4.69) is 25.5 Å². The highest BCUT2D eigenvalue weighted by Gasteiger charge is 2.34. The first-order valence-electron chi connectivity index (χ1n) is 9.29. The smallest absolute Gasteiger partial charge is 0.287 e. The summed E-state index contributed by atoms with van der Waals surface area (Å²) in [6.07, 6.45) is 1.02. The van der Waals surface area contributed by atoms with Crippen molar-refractivity contribution in [1.82, 2.24) is 25.5 Å². The summed E-state index contributed by atoms with van der Waals surface area (Å²) in [4.78, 5) is 21.6. The maximum atomic E-state index is 12.5. The van der Waals surface area contributed by atoms with Gasteiger partial charge in [-0.25, -0.2) is 4.98 Å². The summed E-state index contributed by atoms with van der Waals surface area (Å²) >= 11 is 7.24. The number of aliphatic hydroxyl groups is 2. The van der Waals surface area contributed by atoms with Crippen LogP contribution in [0, 0.1) is 0 Å². The van der Waals surface area contributed by atoms with Crippen LogP contribution in [0.25, 0.3) is 0 Å². The number of carbonyl (C=O) groups is 1. The Hall–Kier alpha value is -1.79. The van der Waals surface area contributed by atoms with Crippen LogP contribution >= 0.6 is 22.9 Å². The molecule has 0 aliphatic carbocycles. The Bertz CT molecular complexity index is 857. The molecule has 0 bridgehead atoms. The number of amides is 1. The number of hydrogen-bond donors (Lipinski definition) is 4. The molecule has 3 atom stereocenters. The van der Waals surface area contributed by atoms with Gasteiger partial charge in [0.05, 0.1) is 24.4 Å². The third-order valence-electron chi connectivity index (χ3n) is 4.93. The van der Waals surface area contributed by atoms with Crippen LogP contribution in [0.2, 0.25) is 5.15 Å². The highest BCUT2D eigenvalue weighted by atomic mass is 35.5. The van der Waals surface area contributed by atoms with Gasteiger partial charge >= 0.3 is 0 Å². The molecule has 1 fully saturated rings. The van der Waals surface area contributed by atoms with Gasteiger partial charge in [-0.1, -0.05) is 29.9 Å². The number of hydrogen-bond acceptors (Lipinski definition) is 9. The number of H-pyrrole nitrogens is 1. The van der Waals surface area contributed by atoms with Crippen molar-refractivity contribution in [3.8, 4) is 0 Å². The fourth-order valence-electron chi connectivity index (χ4n) is 3.09. The standard InChI is InChI=1S/C17H25ClN6O4S/c1-4-9-12(18)21-13(19-9)14(26)20-10-5-6-24(7-11(10)28-3)16-23-22-15(29-16)17(2,27)8-25/h10-11,25,27H,4-8H2,1-3H3,(H,19,21)(H,20,26)/t10-,11+,17?/m1/s1. The summed E-state index contributed by atoms with van der Waals surface area (Å²) in [6, 6.07) is -0.203. The Morgan fingerprint density at radius 3 is 2.90 bits per heavy atom. The molecule has 1 aliphatic heterocycles. The molecule has 29 heavy (non-hydrogen) atoms. The zero-order valence-corrected chi connectivity index (χ0v) is 18.0. The molecule has 3 rings (SSSR count). The van der Waals surface area contributed by atoms with Gasteiger partial charge in [0.2, 0.25) is 5.13 Å². The first-order chi connectivity index (χ1) is 13.8. The predicted molar refractivity (Wildman–Crippen MR) is 108 cm³/mol. The van der Waals surface area contributed by atoms with Crippen molar-refractivity contribution in [3.05, 3.63) is 21.7 Å². The van der Waals surface area contributed by atoms with E-state index >= 15 is 0 Å². The van der Waals surface area contributed by atoms with Crippen LogP contribution in [0.4, 0.5) is 5.13 Å². The molecule has 160 valence electrons. The molecule has 0 spiro atoms. The van der Waals surface area contributed by atoms with Gasteiger partial charge in [0.25, 0.3) is 5.91 Å². The number of aliphatic hydroxyl groups excluding tert-OH is 1. The van der Waals surface area contributed by atoms with E-state index in [4.69, 9.17) is 16.3 Å². The summed E-state index contributed by atoms with van der Waals surface area (Å²) in [6.45, 7) is 4.10. The Labute approximate surface area is 177 Å². The van der Waals surface area contributed by atoms with Gasteiger partial charge in [-0.15, -0.1) is 10.2 Å². The minimum atomic E-state index is -1.43. The number of nitrogens with one attached hydrogen (secondary N) is 2. The minimum Gasteiger partial charge on any atom is -0.393 e. The average Bonchev–Trinajstić information content (AvgIpc) is 3.35. The van der Waals surface area contributed by atoms with Crippen molar-refractivity contribution in [2.24, 2.45) is 0 Å². The van der Waals surface area contributed by atoms with E-state index < -0.39 is 12.2 Å². The second-order valence-corrected chi connectivity index (χ2v) is 8.43. The number of rotatable bonds is 7. The van der Waals surface area contributed by atoms with E-state index in [1.165, 1.54) is 18.3 Å². The lowest BCUT2D eigenvalue weighted by Gasteiger charge is -2.37. The SMILES string of the molecule is CCc1[nH]c(C(=O)N[C@@H]2CCN(c3nnc(C(C)(O)CO)s3)C[C@@H]2OC)nc1Cl. The van der Waals surface area contributed by atoms with E-state index in [1.807, 2.05) is 11.8 Å². The lowest BCUT2D eigenvalue weighted by Crippen LogP contribution is -2.55. The summed E-state index contributed by atoms with van der Waals surface area (Å²) in [5.74, 6) is -0.145. The molecule has 1 amide bonds. The Morgan fingerprint density at radius 2 is 2.28 bits per heavy atom. The van der Waals surface area contributed by atoms with Crippen LogP contribution in [-0.4, -0.2) is 75.2 Å². The van der Waals surface area contributed by atoms with Gasteiger partial charge in [-0.2, -0.15) is 0 Å². The molecule has 0 radical (unpaired) electrons. The number of anilines is 1. The quantitative estimate of drug-likeness (QED) is 0.490. The largest absolute Gasteiger partial charge is 0.393 e. The molecule has 2 aromatic rings. The lowest BCUT2D eigenvalue weighted by molar-refractivity contribution is -0.00294. The van der Waals surface area contributed by atoms with E-state index in [-0.39, 0.29) is 23.9 Å². The molecule has 12 heteroatoms. The number of carbonyl (C=O) groups excluding carboxylic acids is 1. The number of aryl methyl sites for hydroxylation is 1. The summed E-state index contributed by atoms with van der Waals surface area (Å²) in [5, 5.41) is 31.8. The van der Waals surface area contributed by atoms with E-state index in [0.717, 1.165) is 5.69 Å². The summed E-state index contributed by atoms with van der Waals surface area (Å²) < 4.78 is 5.59. The van der Waals surface area contributed by atoms with Gasteiger partial charge in [0, 0.05) is 20.2 Å². The van der Waals surface area contributed by atoms with Gasteiger partial charge in [-0.3, -0.25) is 4.79 Å². The molecular weight excluding hydrogens is 420 g/mol. The van der Waals surface area contributed by atoms with Gasteiger partial charge < -0.3 is 30.2 Å². The van der Waals surface area contributed by atoms with Crippen LogP contribution in [0.15, 0.2) is 0 Å². The molecule has 2 aromatic heterocycles. The highest BCUT2D eigenvalue weighted by Crippen LogP contribution is 2.30. The second-order valence-electron chi connectivity index (χ2n) is 7.12. The fraction of sp³-hybridized carbons (Fsp3) is 0.647. The molecule has 0 saturated carbocycles. The normalized spacial score (nSPS) is 21.8. The number of aromatic nitrogens is 4. The van der Waals surface area contributed by atoms with E-state index in [0.29, 0.717) is 41.2 Å². The Morgan fingerprint density at radius 1 is 1.52 bits per heavy atom. The fourth-order valence-corrected chi connectivity index (χ4v) is 4.27. The monoisotopic (exact) mass is 444 g/mol. The number of halogens is 1. The first kappa shape index (κ1) is 21.9. The van der Waals surface area contributed by atoms with E-state index in [1.54, 1.807) is 7.11 Å². The first-order valence-corrected chi connectivity index (χ1v) is 10.5. The number of methoxy groups -OCH3 is 1. The molecular formula is C17H25ClN6O4S. The van der Waals surface area contributed by atoms with Crippen LogP contribution in [-0.2, 0) is 16.8 Å². The van der Waals surface area contributed by atoms with Crippen LogP contribution in [0.3, 0.4) is 0 Å². The van der Waals surface area contributed by atoms with Crippen LogP contribution in [0.1, 0.15) is 41.6 Å². The molecule has 4 N–H and O–H groups in total. The molecule has 10 nitrogen and oxygen atoms in total. The number of aromatic amines is 1. The lowest BCUT2D eigenvalue weighted by atomic mass is 10.0. The Balaban J connectivity index is 1.65. The summed E-state index contributed by atoms with van der Waals surface area (Å²) in [5.41, 5.74) is -0.703. The maximum absolute atomic E-state index is 12.5. The number of piperidine rings is 1. The van der Waals surface area contributed by atoms with Crippen molar-refractivity contribution in [3.63, 3.8) is 0 Å². The van der Waals surface area contributed by atoms with Crippen LogP contribution in [0.5, 0.6) is 0 Å². The number of nitrogens with zero attached hydrogens (tertiary/aromatic N) is 4. The van der Waals surface area contributed by atoms with Crippen molar-refractivity contribution >= 4 is 34.0 Å². The summed E-state index contributed by atoms with van der Waals surface area (Å²) in [7, 11) is 1.59. The molecule has 1 unspecified atom stereocenters. The third-order valence-corrected chi connectivity index (χ3v) is 6.48. The molecule has 3 heterocycles. The molecule has 0 aromatic carbocycles. The number of ether oxygens (including phenoxy) is 1. The molecule has 1 aliphatic rings. The average molecular weight is 445 g/mol. The second kappa shape index (κ2) is 8.92. The predicted octanol–water partition coefficient (Wildman–Crippen LogP) is 0.701. The zero-order valence-electron chi connectivity index (χ0n) is 16.5. The van der Waals surface area contributed by atoms with E-state index in [9.17, 15) is 15.0 Å².